The van der Waals surface area contributed by atoms with Gasteiger partial charge >= 0.3 is 0 Å². The van der Waals surface area contributed by atoms with Gasteiger partial charge in [-0.25, -0.2) is 0 Å². The molecule has 22 heavy (non-hydrogen) atoms. The fourth-order valence-electron chi connectivity index (χ4n) is 2.39. The third-order valence-corrected chi connectivity index (χ3v) is 3.73. The van der Waals surface area contributed by atoms with Crippen LogP contribution in [0.4, 0.5) is 5.69 Å². The molecule has 0 aromatic heterocycles. The van der Waals surface area contributed by atoms with Gasteiger partial charge in [-0.1, -0.05) is 13.0 Å². The standard InChI is InChI=1S/C17H23N3O2/c1-2-3-4-16(21)19-15-7-5-13(6-8-15)17(22)20-11-9-14(18)10-12-20/h3-8,14H,2,9-12,18H2,1H3,(H,19,21)/b4-3+. The van der Waals surface area contributed by atoms with Gasteiger partial charge in [-0.3, -0.25) is 9.59 Å². The number of rotatable bonds is 4. The summed E-state index contributed by atoms with van der Waals surface area (Å²) in [5, 5.41) is 2.76. The number of anilines is 1. The quantitative estimate of drug-likeness (QED) is 0.837. The molecule has 1 aromatic rings. The van der Waals surface area contributed by atoms with E-state index in [1.165, 1.54) is 6.08 Å². The van der Waals surface area contributed by atoms with Gasteiger partial charge in [0.25, 0.3) is 5.91 Å². The zero-order valence-corrected chi connectivity index (χ0v) is 12.9. The van der Waals surface area contributed by atoms with Crippen LogP contribution in [0, 0.1) is 0 Å². The van der Waals surface area contributed by atoms with Gasteiger partial charge in [0.2, 0.25) is 5.91 Å². The van der Waals surface area contributed by atoms with E-state index in [1.54, 1.807) is 30.3 Å². The van der Waals surface area contributed by atoms with E-state index in [0.29, 0.717) is 24.3 Å². The zero-order valence-electron chi connectivity index (χ0n) is 12.9. The van der Waals surface area contributed by atoms with E-state index in [9.17, 15) is 9.59 Å². The Hall–Kier alpha value is -2.14. The van der Waals surface area contributed by atoms with Crippen molar-refractivity contribution in [3.05, 3.63) is 42.0 Å². The van der Waals surface area contributed by atoms with Crippen LogP contribution in [-0.2, 0) is 4.79 Å². The second-order valence-electron chi connectivity index (χ2n) is 5.51. The molecule has 1 aromatic carbocycles. The highest BCUT2D eigenvalue weighted by molar-refractivity contribution is 6.00. The second-order valence-corrected chi connectivity index (χ2v) is 5.51. The molecule has 1 saturated heterocycles. The summed E-state index contributed by atoms with van der Waals surface area (Å²) in [6, 6.07) is 7.20. The lowest BCUT2D eigenvalue weighted by Crippen LogP contribution is -2.42. The van der Waals surface area contributed by atoms with Gasteiger partial charge in [-0.15, -0.1) is 0 Å². The lowest BCUT2D eigenvalue weighted by Gasteiger charge is -2.30. The number of hydrogen-bond donors (Lipinski definition) is 2. The molecule has 5 heteroatoms. The normalized spacial score (nSPS) is 16.0. The van der Waals surface area contributed by atoms with Crippen LogP contribution >= 0.6 is 0 Å². The minimum atomic E-state index is -0.161. The maximum Gasteiger partial charge on any atom is 0.253 e. The number of nitrogens with one attached hydrogen (secondary N) is 1. The number of hydrogen-bond acceptors (Lipinski definition) is 3. The van der Waals surface area contributed by atoms with E-state index in [4.69, 9.17) is 5.73 Å². The van der Waals surface area contributed by atoms with Crippen LogP contribution in [0.3, 0.4) is 0 Å². The number of nitrogens with zero attached hydrogens (tertiary/aromatic N) is 1. The van der Waals surface area contributed by atoms with Crippen LogP contribution in [0.1, 0.15) is 36.5 Å². The molecule has 118 valence electrons. The summed E-state index contributed by atoms with van der Waals surface area (Å²) in [4.78, 5) is 25.8. The predicted molar refractivity (Wildman–Crippen MR) is 87.6 cm³/mol. The highest BCUT2D eigenvalue weighted by Crippen LogP contribution is 2.15. The smallest absolute Gasteiger partial charge is 0.253 e. The van der Waals surface area contributed by atoms with Crippen molar-refractivity contribution in [2.75, 3.05) is 18.4 Å². The predicted octanol–water partition coefficient (Wildman–Crippen LogP) is 2.15. The second kappa shape index (κ2) is 7.75. The topological polar surface area (TPSA) is 75.4 Å². The van der Waals surface area contributed by atoms with Gasteiger partial charge < -0.3 is 16.0 Å². The first-order valence-corrected chi connectivity index (χ1v) is 7.72. The van der Waals surface area contributed by atoms with Crippen molar-refractivity contribution in [1.82, 2.24) is 4.90 Å². The highest BCUT2D eigenvalue weighted by atomic mass is 16.2. The number of carbonyl (C=O) groups is 2. The molecule has 0 atom stereocenters. The van der Waals surface area contributed by atoms with Crippen molar-refractivity contribution in [2.24, 2.45) is 5.73 Å². The van der Waals surface area contributed by atoms with Gasteiger partial charge in [0.1, 0.15) is 0 Å². The molecule has 1 fully saturated rings. The Labute approximate surface area is 131 Å². The van der Waals surface area contributed by atoms with Crippen molar-refractivity contribution in [1.29, 1.82) is 0 Å². The SMILES string of the molecule is CC/C=C/C(=O)Nc1ccc(C(=O)N2CCC(N)CC2)cc1. The Kier molecular flexibility index (Phi) is 5.72. The molecule has 0 radical (unpaired) electrons. The molecule has 0 aliphatic carbocycles. The molecule has 0 unspecified atom stereocenters. The van der Waals surface area contributed by atoms with E-state index in [-0.39, 0.29) is 17.9 Å². The van der Waals surface area contributed by atoms with Crippen molar-refractivity contribution in [3.63, 3.8) is 0 Å². The minimum absolute atomic E-state index is 0.0238. The lowest BCUT2D eigenvalue weighted by atomic mass is 10.0. The molecule has 0 spiro atoms. The molecule has 1 heterocycles. The summed E-state index contributed by atoms with van der Waals surface area (Å²) >= 11 is 0. The van der Waals surface area contributed by atoms with Gasteiger partial charge in [0.15, 0.2) is 0 Å². The molecule has 1 aliphatic heterocycles. The average Bonchev–Trinajstić information content (AvgIpc) is 2.54. The first kappa shape index (κ1) is 16.2. The van der Waals surface area contributed by atoms with E-state index in [0.717, 1.165) is 19.3 Å². The number of likely N-dealkylation sites (tertiary alicyclic amines) is 1. The van der Waals surface area contributed by atoms with E-state index in [2.05, 4.69) is 5.32 Å². The first-order chi connectivity index (χ1) is 10.6. The van der Waals surface area contributed by atoms with E-state index < -0.39 is 0 Å². The van der Waals surface area contributed by atoms with Crippen molar-refractivity contribution >= 4 is 17.5 Å². The molecular formula is C17H23N3O2. The Morgan fingerprint density at radius 3 is 2.50 bits per heavy atom. The van der Waals surface area contributed by atoms with Gasteiger partial charge in [-0.05, 0) is 49.6 Å². The number of allylic oxidation sites excluding steroid dienone is 1. The number of piperidine rings is 1. The fourth-order valence-corrected chi connectivity index (χ4v) is 2.39. The van der Waals surface area contributed by atoms with Crippen molar-refractivity contribution in [2.45, 2.75) is 32.2 Å². The summed E-state index contributed by atoms with van der Waals surface area (Å²) in [5.41, 5.74) is 7.17. The maximum absolute atomic E-state index is 12.4. The van der Waals surface area contributed by atoms with Crippen molar-refractivity contribution in [3.8, 4) is 0 Å². The largest absolute Gasteiger partial charge is 0.339 e. The van der Waals surface area contributed by atoms with Crippen LogP contribution in [0.2, 0.25) is 0 Å². The summed E-state index contributed by atoms with van der Waals surface area (Å²) in [7, 11) is 0. The van der Waals surface area contributed by atoms with Crippen molar-refractivity contribution < 1.29 is 9.59 Å². The van der Waals surface area contributed by atoms with Crippen LogP contribution in [0.5, 0.6) is 0 Å². The molecule has 0 saturated carbocycles. The molecule has 2 amide bonds. The monoisotopic (exact) mass is 301 g/mol. The van der Waals surface area contributed by atoms with Crippen LogP contribution in [0.15, 0.2) is 36.4 Å². The molecule has 0 bridgehead atoms. The van der Waals surface area contributed by atoms with Crippen LogP contribution in [0.25, 0.3) is 0 Å². The summed E-state index contributed by atoms with van der Waals surface area (Å²) < 4.78 is 0. The average molecular weight is 301 g/mol. The zero-order chi connectivity index (χ0) is 15.9. The molecule has 3 N–H and O–H groups in total. The fraction of sp³-hybridized carbons (Fsp3) is 0.412. The number of amides is 2. The van der Waals surface area contributed by atoms with Gasteiger partial charge in [0.05, 0.1) is 0 Å². The summed E-state index contributed by atoms with van der Waals surface area (Å²) in [5.74, 6) is -0.137. The highest BCUT2D eigenvalue weighted by Gasteiger charge is 2.21. The molecule has 1 aliphatic rings. The van der Waals surface area contributed by atoms with Crippen LogP contribution < -0.4 is 11.1 Å². The minimum Gasteiger partial charge on any atom is -0.339 e. The van der Waals surface area contributed by atoms with Gasteiger partial charge in [0, 0.05) is 30.4 Å². The summed E-state index contributed by atoms with van der Waals surface area (Å²) in [6.45, 7) is 3.39. The third kappa shape index (κ3) is 4.43. The van der Waals surface area contributed by atoms with E-state index >= 15 is 0 Å². The van der Waals surface area contributed by atoms with Crippen LogP contribution in [-0.4, -0.2) is 35.8 Å². The third-order valence-electron chi connectivity index (χ3n) is 3.73. The van der Waals surface area contributed by atoms with E-state index in [1.807, 2.05) is 11.8 Å². The number of carbonyl (C=O) groups excluding carboxylic acids is 2. The summed E-state index contributed by atoms with van der Waals surface area (Å²) in [6.07, 6.45) is 5.83. The first-order valence-electron chi connectivity index (χ1n) is 7.72. The molecule has 2 rings (SSSR count). The Balaban J connectivity index is 1.95. The molecular weight excluding hydrogens is 278 g/mol. The van der Waals surface area contributed by atoms with Gasteiger partial charge in [-0.2, -0.15) is 0 Å². The molecule has 5 nitrogen and oxygen atoms in total. The Bertz CT molecular complexity index is 544. The Morgan fingerprint density at radius 2 is 1.91 bits per heavy atom. The number of benzene rings is 1. The number of nitrogens with two attached hydrogens (primary N) is 1. The maximum atomic E-state index is 12.4. The Morgan fingerprint density at radius 1 is 1.27 bits per heavy atom. The lowest BCUT2D eigenvalue weighted by molar-refractivity contribution is -0.111.